The second-order valence-electron chi connectivity index (χ2n) is 5.26. The molecule has 6 heteroatoms. The van der Waals surface area contributed by atoms with E-state index in [9.17, 15) is 8.42 Å². The molecule has 0 saturated heterocycles. The second-order valence-corrected chi connectivity index (χ2v) is 7.63. The van der Waals surface area contributed by atoms with Gasteiger partial charge in [0.25, 0.3) is 0 Å². The second kappa shape index (κ2) is 4.45. The number of rotatable bonds is 3. The quantitative estimate of drug-likeness (QED) is 0.886. The van der Waals surface area contributed by atoms with Crippen LogP contribution in [-0.4, -0.2) is 24.2 Å². The maximum atomic E-state index is 11.8. The Morgan fingerprint density at radius 1 is 1.42 bits per heavy atom. The van der Waals surface area contributed by atoms with Crippen LogP contribution in [0.15, 0.2) is 23.1 Å². The van der Waals surface area contributed by atoms with Gasteiger partial charge in [0, 0.05) is 12.8 Å². The third kappa shape index (κ3) is 2.23. The van der Waals surface area contributed by atoms with E-state index in [-0.39, 0.29) is 0 Å². The van der Waals surface area contributed by atoms with Crippen LogP contribution in [0.25, 0.3) is 11.0 Å². The number of sulfone groups is 1. The average Bonchev–Trinajstić information content (AvgIpc) is 2.57. The van der Waals surface area contributed by atoms with Crippen LogP contribution in [0.2, 0.25) is 0 Å². The molecule has 1 aromatic carbocycles. The molecule has 0 spiro atoms. The first-order valence-corrected chi connectivity index (χ1v) is 8.68. The van der Waals surface area contributed by atoms with Gasteiger partial charge in [0.15, 0.2) is 14.6 Å². The van der Waals surface area contributed by atoms with Crippen LogP contribution in [0, 0.1) is 10.7 Å². The molecule has 1 fully saturated rings. The lowest BCUT2D eigenvalue weighted by Crippen LogP contribution is -2.18. The monoisotopic (exact) mass is 296 g/mol. The molecule has 0 atom stereocenters. The van der Waals surface area contributed by atoms with Gasteiger partial charge in [0.2, 0.25) is 0 Å². The summed E-state index contributed by atoms with van der Waals surface area (Å²) >= 11 is 5.34. The maximum absolute atomic E-state index is 11.8. The van der Waals surface area contributed by atoms with Crippen LogP contribution in [0.1, 0.15) is 19.3 Å². The topological polar surface area (TPSA) is 54.9 Å². The summed E-state index contributed by atoms with van der Waals surface area (Å²) in [6.45, 7) is 0.881. The van der Waals surface area contributed by atoms with Gasteiger partial charge in [-0.25, -0.2) is 8.42 Å². The number of benzene rings is 1. The molecular weight excluding hydrogens is 280 g/mol. The average molecular weight is 296 g/mol. The number of nitrogens with one attached hydrogen (secondary N) is 1. The third-order valence-electron chi connectivity index (χ3n) is 3.84. The number of hydrogen-bond donors (Lipinski definition) is 1. The van der Waals surface area contributed by atoms with Crippen molar-refractivity contribution < 1.29 is 8.42 Å². The smallest absolute Gasteiger partial charge is 0.178 e. The molecule has 0 unspecified atom stereocenters. The van der Waals surface area contributed by atoms with Gasteiger partial charge in [-0.15, -0.1) is 0 Å². The van der Waals surface area contributed by atoms with Crippen molar-refractivity contribution in [3.05, 3.63) is 23.0 Å². The van der Waals surface area contributed by atoms with E-state index in [1.54, 1.807) is 12.1 Å². The van der Waals surface area contributed by atoms with Gasteiger partial charge in [-0.1, -0.05) is 12.5 Å². The highest BCUT2D eigenvalue weighted by atomic mass is 32.2. The minimum atomic E-state index is -3.24. The lowest BCUT2D eigenvalue weighted by Gasteiger charge is -2.25. The van der Waals surface area contributed by atoms with E-state index in [0.29, 0.717) is 21.1 Å². The molecule has 1 aliphatic rings. The SMILES string of the molecule is CS(=O)(=O)c1cccc2c1[nH]c(=S)n2CC1CCC1. The fourth-order valence-electron chi connectivity index (χ4n) is 2.58. The molecule has 102 valence electrons. The third-order valence-corrected chi connectivity index (χ3v) is 5.30. The van der Waals surface area contributed by atoms with E-state index >= 15 is 0 Å². The van der Waals surface area contributed by atoms with Gasteiger partial charge in [-0.2, -0.15) is 0 Å². The Morgan fingerprint density at radius 3 is 2.74 bits per heavy atom. The zero-order valence-corrected chi connectivity index (χ0v) is 12.4. The minimum Gasteiger partial charge on any atom is -0.329 e. The van der Waals surface area contributed by atoms with Crippen molar-refractivity contribution in [2.24, 2.45) is 5.92 Å². The number of aromatic amines is 1. The molecule has 1 N–H and O–H groups in total. The van der Waals surface area contributed by atoms with E-state index < -0.39 is 9.84 Å². The van der Waals surface area contributed by atoms with Gasteiger partial charge >= 0.3 is 0 Å². The molecule has 0 amide bonds. The fourth-order valence-corrected chi connectivity index (χ4v) is 3.70. The fraction of sp³-hybridized carbons (Fsp3) is 0.462. The number of fused-ring (bicyclic) bond motifs is 1. The maximum Gasteiger partial charge on any atom is 0.178 e. The number of aromatic nitrogens is 2. The number of H-pyrrole nitrogens is 1. The Morgan fingerprint density at radius 2 is 2.16 bits per heavy atom. The van der Waals surface area contributed by atoms with Gasteiger partial charge in [-0.05, 0) is 43.1 Å². The molecule has 4 nitrogen and oxygen atoms in total. The lowest BCUT2D eigenvalue weighted by atomic mass is 9.85. The molecule has 1 saturated carbocycles. The van der Waals surface area contributed by atoms with Crippen LogP contribution in [0.3, 0.4) is 0 Å². The minimum absolute atomic E-state index is 0.323. The van der Waals surface area contributed by atoms with Crippen molar-refractivity contribution in [1.29, 1.82) is 0 Å². The predicted molar refractivity (Wildman–Crippen MR) is 77.6 cm³/mol. The number of hydrogen-bond acceptors (Lipinski definition) is 3. The summed E-state index contributed by atoms with van der Waals surface area (Å²) in [5.74, 6) is 0.674. The van der Waals surface area contributed by atoms with Crippen molar-refractivity contribution in [3.8, 4) is 0 Å². The Labute approximate surface area is 117 Å². The highest BCUT2D eigenvalue weighted by molar-refractivity contribution is 7.91. The Balaban J connectivity index is 2.19. The molecule has 19 heavy (non-hydrogen) atoms. The summed E-state index contributed by atoms with van der Waals surface area (Å²) in [7, 11) is -3.24. The molecule has 0 bridgehead atoms. The zero-order valence-electron chi connectivity index (χ0n) is 10.7. The van der Waals surface area contributed by atoms with E-state index in [0.717, 1.165) is 12.1 Å². The van der Waals surface area contributed by atoms with Gasteiger partial charge in [0.05, 0.1) is 15.9 Å². The largest absolute Gasteiger partial charge is 0.329 e. The van der Waals surface area contributed by atoms with Crippen LogP contribution >= 0.6 is 12.2 Å². The Hall–Kier alpha value is -1.14. The summed E-state index contributed by atoms with van der Waals surface area (Å²) < 4.78 is 26.2. The molecule has 0 aliphatic heterocycles. The first-order chi connectivity index (χ1) is 8.97. The van der Waals surface area contributed by atoms with Crippen LogP contribution in [0.5, 0.6) is 0 Å². The van der Waals surface area contributed by atoms with Crippen LogP contribution in [0.4, 0.5) is 0 Å². The van der Waals surface area contributed by atoms with E-state index in [4.69, 9.17) is 12.2 Å². The van der Waals surface area contributed by atoms with Gasteiger partial charge in [0.1, 0.15) is 0 Å². The normalized spacial score (nSPS) is 16.7. The standard InChI is InChI=1S/C13H16N2O2S2/c1-19(16,17)11-7-3-6-10-12(11)14-13(18)15(10)8-9-4-2-5-9/h3,6-7,9H,2,4-5,8H2,1H3,(H,14,18). The first-order valence-electron chi connectivity index (χ1n) is 6.38. The van der Waals surface area contributed by atoms with Crippen molar-refractivity contribution in [3.63, 3.8) is 0 Å². The Kier molecular flexibility index (Phi) is 3.02. The van der Waals surface area contributed by atoms with Crippen molar-refractivity contribution in [1.82, 2.24) is 9.55 Å². The van der Waals surface area contributed by atoms with E-state index in [1.165, 1.54) is 25.5 Å². The Bertz CT molecular complexity index is 783. The highest BCUT2D eigenvalue weighted by Gasteiger charge is 2.21. The van der Waals surface area contributed by atoms with E-state index in [2.05, 4.69) is 4.98 Å². The molecule has 1 aliphatic carbocycles. The first kappa shape index (κ1) is 12.9. The summed E-state index contributed by atoms with van der Waals surface area (Å²) in [6.07, 6.45) is 4.98. The van der Waals surface area contributed by atoms with Crippen LogP contribution < -0.4 is 0 Å². The molecule has 3 rings (SSSR count). The molecule has 0 radical (unpaired) electrons. The van der Waals surface area contributed by atoms with Crippen molar-refractivity contribution in [2.75, 3.05) is 6.26 Å². The number of nitrogens with zero attached hydrogens (tertiary/aromatic N) is 1. The highest BCUT2D eigenvalue weighted by Crippen LogP contribution is 2.30. The van der Waals surface area contributed by atoms with Crippen molar-refractivity contribution >= 4 is 33.1 Å². The molecule has 2 aromatic rings. The van der Waals surface area contributed by atoms with Crippen molar-refractivity contribution in [2.45, 2.75) is 30.7 Å². The number of imidazole rings is 1. The van der Waals surface area contributed by atoms with Crippen LogP contribution in [-0.2, 0) is 16.4 Å². The molecule has 1 aromatic heterocycles. The van der Waals surface area contributed by atoms with E-state index in [1.807, 2.05) is 10.6 Å². The summed E-state index contributed by atoms with van der Waals surface area (Å²) in [5.41, 5.74) is 1.52. The molecular formula is C13H16N2O2S2. The summed E-state index contributed by atoms with van der Waals surface area (Å²) in [5, 5.41) is 0. The lowest BCUT2D eigenvalue weighted by molar-refractivity contribution is 0.278. The summed E-state index contributed by atoms with van der Waals surface area (Å²) in [6, 6.07) is 5.32. The van der Waals surface area contributed by atoms with Gasteiger partial charge < -0.3 is 9.55 Å². The number of para-hydroxylation sites is 1. The zero-order chi connectivity index (χ0) is 13.6. The summed E-state index contributed by atoms with van der Waals surface area (Å²) in [4.78, 5) is 3.38. The van der Waals surface area contributed by atoms with Gasteiger partial charge in [-0.3, -0.25) is 0 Å². The molecule has 1 heterocycles. The predicted octanol–water partition coefficient (Wildman–Crippen LogP) is 2.90.